The van der Waals surface area contributed by atoms with Gasteiger partial charge in [0.1, 0.15) is 0 Å². The molecule has 2 saturated heterocycles. The fourth-order valence-corrected chi connectivity index (χ4v) is 3.30. The molecule has 0 aliphatic carbocycles. The predicted molar refractivity (Wildman–Crippen MR) is 72.6 cm³/mol. The van der Waals surface area contributed by atoms with Crippen LogP contribution in [0, 0.1) is 5.92 Å². The van der Waals surface area contributed by atoms with E-state index in [9.17, 15) is 0 Å². The molecule has 3 atom stereocenters. The lowest BCUT2D eigenvalue weighted by Crippen LogP contribution is -2.63. The van der Waals surface area contributed by atoms with E-state index in [4.69, 9.17) is 15.2 Å². The second kappa shape index (κ2) is 6.33. The average molecular weight is 256 g/mol. The van der Waals surface area contributed by atoms with Crippen molar-refractivity contribution < 1.29 is 9.47 Å². The summed E-state index contributed by atoms with van der Waals surface area (Å²) in [4.78, 5) is 2.52. The average Bonchev–Trinajstić information content (AvgIpc) is 2.47. The van der Waals surface area contributed by atoms with Crippen LogP contribution in [0.3, 0.4) is 0 Å². The monoisotopic (exact) mass is 256 g/mol. The van der Waals surface area contributed by atoms with Gasteiger partial charge in [-0.3, -0.25) is 4.90 Å². The van der Waals surface area contributed by atoms with E-state index in [-0.39, 0.29) is 11.6 Å². The van der Waals surface area contributed by atoms with Crippen molar-refractivity contribution in [3.8, 4) is 0 Å². The summed E-state index contributed by atoms with van der Waals surface area (Å²) in [7, 11) is 0. The lowest BCUT2D eigenvalue weighted by molar-refractivity contribution is -0.0498. The quantitative estimate of drug-likeness (QED) is 0.822. The van der Waals surface area contributed by atoms with E-state index in [0.29, 0.717) is 5.92 Å². The van der Waals surface area contributed by atoms with Gasteiger partial charge in [0.15, 0.2) is 0 Å². The molecule has 0 bridgehead atoms. The van der Waals surface area contributed by atoms with E-state index in [1.807, 2.05) is 0 Å². The summed E-state index contributed by atoms with van der Waals surface area (Å²) < 4.78 is 11.1. The van der Waals surface area contributed by atoms with Gasteiger partial charge in [0.25, 0.3) is 0 Å². The molecule has 0 aromatic rings. The fraction of sp³-hybridized carbons (Fsp3) is 1.00. The Bertz CT molecular complexity index is 250. The standard InChI is InChI=1S/C14H28N2O2/c1-3-14(2,16-6-9-17-10-7-16)13(15)12-5-4-8-18-11-12/h12-13H,3-11,15H2,1-2H3. The first-order chi connectivity index (χ1) is 8.68. The first-order valence-electron chi connectivity index (χ1n) is 7.34. The van der Waals surface area contributed by atoms with Gasteiger partial charge in [-0.25, -0.2) is 0 Å². The van der Waals surface area contributed by atoms with E-state index in [1.165, 1.54) is 6.42 Å². The molecule has 3 unspecified atom stereocenters. The van der Waals surface area contributed by atoms with Crippen molar-refractivity contribution in [1.29, 1.82) is 0 Å². The Morgan fingerprint density at radius 3 is 2.56 bits per heavy atom. The summed E-state index contributed by atoms with van der Waals surface area (Å²) in [5, 5.41) is 0. The molecule has 4 nitrogen and oxygen atoms in total. The van der Waals surface area contributed by atoms with Crippen molar-refractivity contribution in [2.45, 2.75) is 44.7 Å². The predicted octanol–water partition coefficient (Wildman–Crippen LogP) is 1.24. The molecule has 2 aliphatic rings. The van der Waals surface area contributed by atoms with Crippen molar-refractivity contribution in [2.75, 3.05) is 39.5 Å². The number of nitrogens with zero attached hydrogens (tertiary/aromatic N) is 1. The van der Waals surface area contributed by atoms with Crippen LogP contribution in [0.15, 0.2) is 0 Å². The van der Waals surface area contributed by atoms with Crippen molar-refractivity contribution in [3.05, 3.63) is 0 Å². The summed E-state index contributed by atoms with van der Waals surface area (Å²) in [6.07, 6.45) is 3.45. The number of nitrogens with two attached hydrogens (primary N) is 1. The third kappa shape index (κ3) is 2.87. The van der Waals surface area contributed by atoms with Gasteiger partial charge in [0.2, 0.25) is 0 Å². The molecule has 2 fully saturated rings. The lowest BCUT2D eigenvalue weighted by Gasteiger charge is -2.49. The SMILES string of the molecule is CCC(C)(C(N)C1CCCOC1)N1CCOCC1. The molecule has 2 N–H and O–H groups in total. The number of ether oxygens (including phenoxy) is 2. The second-order valence-electron chi connectivity index (χ2n) is 5.81. The molecule has 0 radical (unpaired) electrons. The van der Waals surface area contributed by atoms with E-state index in [1.54, 1.807) is 0 Å². The zero-order valence-corrected chi connectivity index (χ0v) is 11.9. The summed E-state index contributed by atoms with van der Waals surface area (Å²) in [5.74, 6) is 0.506. The molecular formula is C14H28N2O2. The van der Waals surface area contributed by atoms with E-state index < -0.39 is 0 Å². The van der Waals surface area contributed by atoms with Crippen LogP contribution in [0.1, 0.15) is 33.1 Å². The molecule has 0 amide bonds. The first-order valence-corrected chi connectivity index (χ1v) is 7.34. The third-order valence-electron chi connectivity index (χ3n) is 4.87. The van der Waals surface area contributed by atoms with Gasteiger partial charge in [0, 0.05) is 31.3 Å². The highest BCUT2D eigenvalue weighted by molar-refractivity contribution is 4.98. The summed E-state index contributed by atoms with van der Waals surface area (Å²) >= 11 is 0. The van der Waals surface area contributed by atoms with Crippen molar-refractivity contribution in [1.82, 2.24) is 4.90 Å². The molecule has 0 saturated carbocycles. The highest BCUT2D eigenvalue weighted by atomic mass is 16.5. The van der Waals surface area contributed by atoms with Crippen LogP contribution in [0.2, 0.25) is 0 Å². The van der Waals surface area contributed by atoms with Gasteiger partial charge in [0.05, 0.1) is 19.8 Å². The van der Waals surface area contributed by atoms with Gasteiger partial charge < -0.3 is 15.2 Å². The van der Waals surface area contributed by atoms with E-state index >= 15 is 0 Å². The Hall–Kier alpha value is -0.160. The molecule has 0 aromatic carbocycles. The summed E-state index contributed by atoms with van der Waals surface area (Å²) in [6.45, 7) is 9.99. The molecule has 18 heavy (non-hydrogen) atoms. The zero-order valence-electron chi connectivity index (χ0n) is 11.9. The minimum atomic E-state index is 0.0785. The molecule has 4 heteroatoms. The van der Waals surface area contributed by atoms with Gasteiger partial charge in [-0.1, -0.05) is 6.92 Å². The van der Waals surface area contributed by atoms with Crippen LogP contribution < -0.4 is 5.73 Å². The normalized spacial score (nSPS) is 31.8. The summed E-state index contributed by atoms with van der Waals surface area (Å²) in [6, 6.07) is 0.195. The van der Waals surface area contributed by atoms with Gasteiger partial charge in [-0.2, -0.15) is 0 Å². The Labute approximate surface area is 111 Å². The van der Waals surface area contributed by atoms with Crippen LogP contribution >= 0.6 is 0 Å². The zero-order chi connectivity index (χ0) is 13.0. The van der Waals surface area contributed by atoms with Crippen LogP contribution in [-0.4, -0.2) is 56.0 Å². The van der Waals surface area contributed by atoms with Gasteiger partial charge in [-0.15, -0.1) is 0 Å². The minimum Gasteiger partial charge on any atom is -0.381 e. The van der Waals surface area contributed by atoms with Gasteiger partial charge in [-0.05, 0) is 32.1 Å². The number of hydrogen-bond acceptors (Lipinski definition) is 4. The fourth-order valence-electron chi connectivity index (χ4n) is 3.30. The first kappa shape index (κ1) is 14.3. The Morgan fingerprint density at radius 2 is 2.00 bits per heavy atom. The second-order valence-corrected chi connectivity index (χ2v) is 5.81. The topological polar surface area (TPSA) is 47.7 Å². The molecule has 2 aliphatic heterocycles. The molecule has 0 aromatic heterocycles. The highest BCUT2D eigenvalue weighted by Gasteiger charge is 2.41. The number of hydrogen-bond donors (Lipinski definition) is 1. The lowest BCUT2D eigenvalue weighted by atomic mass is 9.78. The maximum atomic E-state index is 6.61. The maximum absolute atomic E-state index is 6.61. The number of rotatable bonds is 4. The van der Waals surface area contributed by atoms with Crippen LogP contribution in [-0.2, 0) is 9.47 Å². The highest BCUT2D eigenvalue weighted by Crippen LogP contribution is 2.31. The molecule has 106 valence electrons. The van der Waals surface area contributed by atoms with Crippen molar-refractivity contribution in [2.24, 2.45) is 11.7 Å². The third-order valence-corrected chi connectivity index (χ3v) is 4.87. The van der Waals surface area contributed by atoms with Crippen LogP contribution in [0.4, 0.5) is 0 Å². The minimum absolute atomic E-state index is 0.0785. The van der Waals surface area contributed by atoms with E-state index in [0.717, 1.165) is 52.4 Å². The van der Waals surface area contributed by atoms with Crippen molar-refractivity contribution in [3.63, 3.8) is 0 Å². The molecule has 2 heterocycles. The molecular weight excluding hydrogens is 228 g/mol. The van der Waals surface area contributed by atoms with Crippen molar-refractivity contribution >= 4 is 0 Å². The Morgan fingerprint density at radius 1 is 1.28 bits per heavy atom. The summed E-state index contributed by atoms with van der Waals surface area (Å²) in [5.41, 5.74) is 6.68. The number of morpholine rings is 1. The van der Waals surface area contributed by atoms with Gasteiger partial charge >= 0.3 is 0 Å². The smallest absolute Gasteiger partial charge is 0.0594 e. The van der Waals surface area contributed by atoms with Crippen LogP contribution in [0.25, 0.3) is 0 Å². The molecule has 2 rings (SSSR count). The largest absolute Gasteiger partial charge is 0.381 e. The van der Waals surface area contributed by atoms with Crippen LogP contribution in [0.5, 0.6) is 0 Å². The maximum Gasteiger partial charge on any atom is 0.0594 e. The Kier molecular flexibility index (Phi) is 5.01. The molecule has 0 spiro atoms. The van der Waals surface area contributed by atoms with E-state index in [2.05, 4.69) is 18.7 Å². The Balaban J connectivity index is 2.03.